The summed E-state index contributed by atoms with van der Waals surface area (Å²) in [5.74, 6) is 0. The zero-order valence-electron chi connectivity index (χ0n) is 7.70. The van der Waals surface area contributed by atoms with Crippen molar-refractivity contribution in [1.29, 1.82) is 0 Å². The molecule has 0 aromatic heterocycles. The van der Waals surface area contributed by atoms with Crippen molar-refractivity contribution in [3.8, 4) is 0 Å². The van der Waals surface area contributed by atoms with E-state index in [1.54, 1.807) is 0 Å². The van der Waals surface area contributed by atoms with Crippen LogP contribution in [0.25, 0.3) is 0 Å². The average Bonchev–Trinajstić information content (AvgIpc) is 2.38. The molecule has 0 aromatic carbocycles. The molecule has 0 bridgehead atoms. The number of rotatable bonds is 0. The van der Waals surface area contributed by atoms with E-state index in [4.69, 9.17) is 0 Å². The standard InChI is InChI=1S/C7H12N4S/c1-5-7-6(2)9-11(4)12(7)10(3)8-5/h1-4H3. The first-order chi connectivity index (χ1) is 5.61. The molecule has 0 spiro atoms. The molecule has 12 heavy (non-hydrogen) atoms. The second-order valence-electron chi connectivity index (χ2n) is 2.89. The molecule has 2 heterocycles. The van der Waals surface area contributed by atoms with Crippen molar-refractivity contribution >= 4 is 27.1 Å². The predicted octanol–water partition coefficient (Wildman–Crippen LogP) is 0.900. The number of hydrazone groups is 2. The minimum Gasteiger partial charge on any atom is -0.228 e. The monoisotopic (exact) mass is 184 g/mol. The van der Waals surface area contributed by atoms with Crippen molar-refractivity contribution in [3.05, 3.63) is 0 Å². The van der Waals surface area contributed by atoms with E-state index >= 15 is 0 Å². The fourth-order valence-corrected chi connectivity index (χ4v) is 3.43. The van der Waals surface area contributed by atoms with Gasteiger partial charge >= 0.3 is 0 Å². The summed E-state index contributed by atoms with van der Waals surface area (Å²) < 4.78 is 3.95. The molecule has 5 heteroatoms. The maximum absolute atomic E-state index is 4.38. The van der Waals surface area contributed by atoms with Crippen molar-refractivity contribution in [2.24, 2.45) is 10.2 Å². The van der Waals surface area contributed by atoms with Gasteiger partial charge in [0.1, 0.15) is 0 Å². The lowest BCUT2D eigenvalue weighted by Gasteiger charge is -2.18. The van der Waals surface area contributed by atoms with Gasteiger partial charge in [-0.3, -0.25) is 0 Å². The molecule has 0 atom stereocenters. The minimum absolute atomic E-state index is 0.0417. The molecule has 0 N–H and O–H groups in total. The first-order valence-corrected chi connectivity index (χ1v) is 4.95. The van der Waals surface area contributed by atoms with Crippen molar-refractivity contribution in [1.82, 2.24) is 8.83 Å². The van der Waals surface area contributed by atoms with Crippen molar-refractivity contribution < 1.29 is 0 Å². The molecule has 0 amide bonds. The fraction of sp³-hybridized carbons (Fsp3) is 0.571. The molecule has 0 radical (unpaired) electrons. The third-order valence-corrected chi connectivity index (χ3v) is 4.04. The summed E-state index contributed by atoms with van der Waals surface area (Å²) in [7, 11) is 3.94. The lowest BCUT2D eigenvalue weighted by molar-refractivity contribution is 0.538. The molecule has 0 aliphatic carbocycles. The van der Waals surface area contributed by atoms with Gasteiger partial charge in [0.2, 0.25) is 0 Å². The number of nitrogens with zero attached hydrogens (tertiary/aromatic N) is 4. The van der Waals surface area contributed by atoms with Gasteiger partial charge in [0, 0.05) is 25.0 Å². The van der Waals surface area contributed by atoms with Crippen LogP contribution in [0.1, 0.15) is 13.8 Å². The first kappa shape index (κ1) is 7.79. The van der Waals surface area contributed by atoms with Gasteiger partial charge in [-0.05, 0) is 13.8 Å². The van der Waals surface area contributed by atoms with Crippen LogP contribution in [0, 0.1) is 0 Å². The Morgan fingerprint density at radius 2 is 1.42 bits per heavy atom. The molecule has 0 saturated carbocycles. The normalized spacial score (nSPS) is 23.2. The quantitative estimate of drug-likeness (QED) is 0.524. The molecule has 0 aromatic rings. The van der Waals surface area contributed by atoms with E-state index in [1.165, 1.54) is 4.86 Å². The SMILES string of the molecule is CC1=NN(C)S2=C1C(C)=NN2C. The average molecular weight is 184 g/mol. The van der Waals surface area contributed by atoms with Gasteiger partial charge in [0.05, 0.1) is 16.3 Å². The maximum atomic E-state index is 4.38. The van der Waals surface area contributed by atoms with E-state index in [2.05, 4.69) is 10.2 Å². The molecule has 0 fully saturated rings. The predicted molar refractivity (Wildman–Crippen MR) is 54.3 cm³/mol. The lowest BCUT2D eigenvalue weighted by atomic mass is 10.2. The van der Waals surface area contributed by atoms with Crippen LogP contribution in [0.2, 0.25) is 0 Å². The van der Waals surface area contributed by atoms with Crippen LogP contribution in [-0.2, 0) is 0 Å². The van der Waals surface area contributed by atoms with Crippen LogP contribution < -0.4 is 0 Å². The summed E-state index contributed by atoms with van der Waals surface area (Å²) in [4.78, 5) is 1.29. The van der Waals surface area contributed by atoms with Crippen LogP contribution in [0.5, 0.6) is 0 Å². The van der Waals surface area contributed by atoms with E-state index in [0.717, 1.165) is 11.4 Å². The van der Waals surface area contributed by atoms with Crippen molar-refractivity contribution in [2.45, 2.75) is 13.8 Å². The van der Waals surface area contributed by atoms with Gasteiger partial charge in [-0.1, -0.05) is 0 Å². The van der Waals surface area contributed by atoms with E-state index in [9.17, 15) is 0 Å². The van der Waals surface area contributed by atoms with E-state index < -0.39 is 0 Å². The summed E-state index contributed by atoms with van der Waals surface area (Å²) in [5.41, 5.74) is 2.21. The zero-order chi connectivity index (χ0) is 8.88. The highest BCUT2D eigenvalue weighted by atomic mass is 32.2. The van der Waals surface area contributed by atoms with Gasteiger partial charge in [-0.25, -0.2) is 8.83 Å². The van der Waals surface area contributed by atoms with Crippen LogP contribution >= 0.6 is 10.9 Å². The highest BCUT2D eigenvalue weighted by Crippen LogP contribution is 2.34. The van der Waals surface area contributed by atoms with Crippen molar-refractivity contribution in [3.63, 3.8) is 0 Å². The smallest absolute Gasteiger partial charge is 0.0862 e. The van der Waals surface area contributed by atoms with Gasteiger partial charge in [-0.2, -0.15) is 10.2 Å². The number of hydrogen-bond acceptors (Lipinski definition) is 4. The van der Waals surface area contributed by atoms with Gasteiger partial charge in [-0.15, -0.1) is 0 Å². The number of hydrogen-bond donors (Lipinski definition) is 0. The van der Waals surface area contributed by atoms with Crippen LogP contribution in [0.15, 0.2) is 10.2 Å². The highest BCUT2D eigenvalue weighted by Gasteiger charge is 2.29. The summed E-state index contributed by atoms with van der Waals surface area (Å²) in [6, 6.07) is 0. The topological polar surface area (TPSA) is 31.2 Å². The first-order valence-electron chi connectivity index (χ1n) is 3.81. The second-order valence-corrected chi connectivity index (χ2v) is 4.89. The van der Waals surface area contributed by atoms with Crippen molar-refractivity contribution in [2.75, 3.05) is 14.1 Å². The highest BCUT2D eigenvalue weighted by molar-refractivity contribution is 8.14. The summed E-state index contributed by atoms with van der Waals surface area (Å²) in [5, 5.41) is 8.75. The molecule has 2 aliphatic heterocycles. The molecule has 2 aliphatic rings. The summed E-state index contributed by atoms with van der Waals surface area (Å²) in [6.07, 6.45) is 0. The Kier molecular flexibility index (Phi) is 1.51. The Morgan fingerprint density at radius 3 is 1.75 bits per heavy atom. The molecular weight excluding hydrogens is 172 g/mol. The Morgan fingerprint density at radius 1 is 1.00 bits per heavy atom. The van der Waals surface area contributed by atoms with E-state index in [1.807, 2.05) is 36.8 Å². The fourth-order valence-electron chi connectivity index (χ4n) is 1.55. The van der Waals surface area contributed by atoms with Crippen LogP contribution in [-0.4, -0.2) is 39.2 Å². The third kappa shape index (κ3) is 0.827. The van der Waals surface area contributed by atoms with Crippen LogP contribution in [0.4, 0.5) is 0 Å². The van der Waals surface area contributed by atoms with Gasteiger partial charge < -0.3 is 0 Å². The lowest BCUT2D eigenvalue weighted by Crippen LogP contribution is -2.13. The van der Waals surface area contributed by atoms with E-state index in [-0.39, 0.29) is 10.9 Å². The zero-order valence-corrected chi connectivity index (χ0v) is 8.51. The minimum atomic E-state index is -0.0417. The third-order valence-electron chi connectivity index (χ3n) is 1.92. The Hall–Kier alpha value is -0.840. The molecule has 2 rings (SSSR count). The molecular formula is C7H12N4S. The molecule has 0 saturated heterocycles. The van der Waals surface area contributed by atoms with Crippen LogP contribution in [0.3, 0.4) is 0 Å². The Bertz CT molecular complexity index is 298. The largest absolute Gasteiger partial charge is 0.228 e. The van der Waals surface area contributed by atoms with Gasteiger partial charge in [0.15, 0.2) is 0 Å². The van der Waals surface area contributed by atoms with E-state index in [0.29, 0.717) is 0 Å². The van der Waals surface area contributed by atoms with Gasteiger partial charge in [0.25, 0.3) is 0 Å². The summed E-state index contributed by atoms with van der Waals surface area (Å²) in [6.45, 7) is 4.08. The maximum Gasteiger partial charge on any atom is 0.0862 e. The Balaban J connectivity index is 2.51. The molecule has 0 unspecified atom stereocenters. The Labute approximate surface area is 74.7 Å². The molecule has 4 nitrogen and oxygen atoms in total. The molecule has 66 valence electrons. The second kappa shape index (κ2) is 2.32. The summed E-state index contributed by atoms with van der Waals surface area (Å²) >= 11 is 0.